The lowest BCUT2D eigenvalue weighted by Crippen LogP contribution is -2.24. The SMILES string of the molecule is CCOS(CCP1(=O)Oc2ccccc2-c2ccccc21)(OCC)OCC. The number of para-hydroxylation sites is 1. The molecule has 0 amide bonds. The second-order valence-electron chi connectivity index (χ2n) is 5.98. The minimum absolute atomic E-state index is 0.299. The van der Waals surface area contributed by atoms with Crippen LogP contribution in [0.15, 0.2) is 48.5 Å². The summed E-state index contributed by atoms with van der Waals surface area (Å²) in [5.74, 6) is 1.06. The van der Waals surface area contributed by atoms with Gasteiger partial charge in [-0.3, -0.25) is 17.1 Å². The van der Waals surface area contributed by atoms with Gasteiger partial charge in [0.1, 0.15) is 5.75 Å². The third-order valence-corrected chi connectivity index (χ3v) is 9.44. The normalized spacial score (nSPS) is 19.1. The van der Waals surface area contributed by atoms with E-state index in [-0.39, 0.29) is 0 Å². The highest BCUT2D eigenvalue weighted by Gasteiger charge is 2.39. The minimum atomic E-state index is -3.12. The highest BCUT2D eigenvalue weighted by molar-refractivity contribution is 8.22. The zero-order valence-electron chi connectivity index (χ0n) is 16.1. The van der Waals surface area contributed by atoms with Crippen molar-refractivity contribution in [1.82, 2.24) is 0 Å². The lowest BCUT2D eigenvalue weighted by Gasteiger charge is -2.38. The molecule has 1 heterocycles. The molecule has 148 valence electrons. The largest absolute Gasteiger partial charge is 0.439 e. The van der Waals surface area contributed by atoms with Gasteiger partial charge in [-0.1, -0.05) is 36.4 Å². The number of hydrogen-bond donors (Lipinski definition) is 0. The van der Waals surface area contributed by atoms with Gasteiger partial charge < -0.3 is 4.52 Å². The van der Waals surface area contributed by atoms with Gasteiger partial charge in [-0.25, -0.2) is 0 Å². The van der Waals surface area contributed by atoms with Crippen LogP contribution in [0.25, 0.3) is 11.1 Å². The van der Waals surface area contributed by atoms with E-state index in [9.17, 15) is 4.57 Å². The van der Waals surface area contributed by atoms with E-state index in [2.05, 4.69) is 0 Å². The van der Waals surface area contributed by atoms with Crippen molar-refractivity contribution < 1.29 is 21.6 Å². The molecule has 0 saturated carbocycles. The zero-order chi connectivity index (χ0) is 19.3. The first-order valence-corrected chi connectivity index (χ1v) is 12.7. The van der Waals surface area contributed by atoms with E-state index < -0.39 is 18.2 Å². The Balaban J connectivity index is 1.93. The lowest BCUT2D eigenvalue weighted by molar-refractivity contribution is 0.186. The summed E-state index contributed by atoms with van der Waals surface area (Å²) in [6, 6.07) is 15.5. The van der Waals surface area contributed by atoms with Crippen molar-refractivity contribution >= 4 is 23.5 Å². The van der Waals surface area contributed by atoms with Gasteiger partial charge in [0.25, 0.3) is 7.37 Å². The molecule has 1 atom stereocenters. The minimum Gasteiger partial charge on any atom is -0.439 e. The fraction of sp³-hybridized carbons (Fsp3) is 0.400. The van der Waals surface area contributed by atoms with Gasteiger partial charge in [-0.05, 0) is 38.5 Å². The van der Waals surface area contributed by atoms with Crippen molar-refractivity contribution in [1.29, 1.82) is 0 Å². The highest BCUT2D eigenvalue weighted by Crippen LogP contribution is 2.59. The molecule has 0 fully saturated rings. The summed E-state index contributed by atoms with van der Waals surface area (Å²) in [6.07, 6.45) is 0.299. The molecule has 3 rings (SSSR count). The van der Waals surface area contributed by atoms with Crippen LogP contribution in [-0.2, 0) is 17.1 Å². The first-order valence-electron chi connectivity index (χ1n) is 9.29. The number of fused-ring (bicyclic) bond motifs is 3. The molecular formula is C20H27O5PS. The molecule has 0 N–H and O–H groups in total. The van der Waals surface area contributed by atoms with Crippen molar-refractivity contribution in [3.8, 4) is 16.9 Å². The van der Waals surface area contributed by atoms with Crippen molar-refractivity contribution in [2.45, 2.75) is 20.8 Å². The average Bonchev–Trinajstić information content (AvgIpc) is 2.68. The fourth-order valence-corrected chi connectivity index (χ4v) is 8.46. The Bertz CT molecular complexity index is 809. The Kier molecular flexibility index (Phi) is 6.66. The third-order valence-electron chi connectivity index (χ3n) is 4.22. The molecule has 5 nitrogen and oxygen atoms in total. The maximum atomic E-state index is 13.9. The third kappa shape index (κ3) is 4.25. The van der Waals surface area contributed by atoms with Crippen LogP contribution < -0.4 is 9.83 Å². The summed E-state index contributed by atoms with van der Waals surface area (Å²) in [5, 5.41) is 0.751. The van der Waals surface area contributed by atoms with Crippen LogP contribution in [0.3, 0.4) is 0 Å². The van der Waals surface area contributed by atoms with E-state index >= 15 is 0 Å². The first-order chi connectivity index (χ1) is 13.1. The van der Waals surface area contributed by atoms with Gasteiger partial charge in [0.05, 0.1) is 47.9 Å². The van der Waals surface area contributed by atoms with Crippen LogP contribution in [0, 0.1) is 0 Å². The standard InChI is InChI=1S/C20H27O5PS/c1-4-22-27(23-5-2,24-6-3)16-15-26(21)20-14-10-8-12-18(20)17-11-7-9-13-19(17)25-26/h7-14H,4-6,15-16H2,1-3H3. The zero-order valence-corrected chi connectivity index (χ0v) is 17.8. The van der Waals surface area contributed by atoms with Gasteiger partial charge in [-0.2, -0.15) is 0 Å². The molecule has 1 aliphatic rings. The molecule has 1 aliphatic heterocycles. The molecule has 0 aromatic heterocycles. The Labute approximate surface area is 163 Å². The van der Waals surface area contributed by atoms with Crippen LogP contribution in [-0.4, -0.2) is 31.7 Å². The first kappa shape index (κ1) is 20.4. The highest BCUT2D eigenvalue weighted by atomic mass is 32.3. The fourth-order valence-electron chi connectivity index (χ4n) is 3.19. The molecule has 0 radical (unpaired) electrons. The van der Waals surface area contributed by atoms with E-state index in [0.717, 1.165) is 16.4 Å². The van der Waals surface area contributed by atoms with Gasteiger partial charge in [0.15, 0.2) is 0 Å². The summed E-state index contributed by atoms with van der Waals surface area (Å²) in [6.45, 7) is 7.14. The predicted molar refractivity (Wildman–Crippen MR) is 112 cm³/mol. The van der Waals surface area contributed by atoms with E-state index in [1.165, 1.54) is 0 Å². The van der Waals surface area contributed by atoms with Gasteiger partial charge in [0, 0.05) is 5.56 Å². The topological polar surface area (TPSA) is 54.0 Å². The quantitative estimate of drug-likeness (QED) is 0.525. The number of benzene rings is 2. The van der Waals surface area contributed by atoms with E-state index in [1.54, 1.807) is 0 Å². The predicted octanol–water partition coefficient (Wildman–Crippen LogP) is 5.31. The summed E-state index contributed by atoms with van der Waals surface area (Å²) < 4.78 is 37.6. The molecular weight excluding hydrogens is 383 g/mol. The van der Waals surface area contributed by atoms with E-state index in [4.69, 9.17) is 17.1 Å². The maximum Gasteiger partial charge on any atom is 0.278 e. The summed E-state index contributed by atoms with van der Waals surface area (Å²) >= 11 is 0. The molecule has 0 aliphatic carbocycles. The van der Waals surface area contributed by atoms with Gasteiger partial charge >= 0.3 is 0 Å². The molecule has 0 saturated heterocycles. The molecule has 1 unspecified atom stereocenters. The van der Waals surface area contributed by atoms with Crippen molar-refractivity contribution in [2.75, 3.05) is 31.7 Å². The number of rotatable bonds is 9. The average molecular weight is 410 g/mol. The van der Waals surface area contributed by atoms with Crippen LogP contribution in [0.1, 0.15) is 20.8 Å². The van der Waals surface area contributed by atoms with Crippen molar-refractivity contribution in [2.24, 2.45) is 0 Å². The Hall–Kier alpha value is -1.30. The molecule has 2 aromatic carbocycles. The number of hydrogen-bond acceptors (Lipinski definition) is 5. The Morgan fingerprint density at radius 2 is 1.41 bits per heavy atom. The Morgan fingerprint density at radius 3 is 2.04 bits per heavy atom. The van der Waals surface area contributed by atoms with Crippen molar-refractivity contribution in [3.63, 3.8) is 0 Å². The summed E-state index contributed by atoms with van der Waals surface area (Å²) in [4.78, 5) is 0. The van der Waals surface area contributed by atoms with Gasteiger partial charge in [0.2, 0.25) is 0 Å². The van der Waals surface area contributed by atoms with Crippen LogP contribution in [0.2, 0.25) is 0 Å². The second kappa shape index (κ2) is 8.80. The second-order valence-corrected chi connectivity index (χ2v) is 10.7. The summed E-state index contributed by atoms with van der Waals surface area (Å²) in [7, 11) is -5.34. The van der Waals surface area contributed by atoms with Crippen LogP contribution in [0.4, 0.5) is 0 Å². The maximum absolute atomic E-state index is 13.9. The molecule has 2 aromatic rings. The van der Waals surface area contributed by atoms with Crippen LogP contribution in [0.5, 0.6) is 5.75 Å². The molecule has 0 bridgehead atoms. The lowest BCUT2D eigenvalue weighted by atomic mass is 10.0. The van der Waals surface area contributed by atoms with E-state index in [0.29, 0.717) is 37.5 Å². The monoisotopic (exact) mass is 410 g/mol. The molecule has 7 heteroatoms. The van der Waals surface area contributed by atoms with Gasteiger partial charge in [-0.15, -0.1) is 0 Å². The Morgan fingerprint density at radius 1 is 0.852 bits per heavy atom. The smallest absolute Gasteiger partial charge is 0.278 e. The molecule has 0 spiro atoms. The van der Waals surface area contributed by atoms with E-state index in [1.807, 2.05) is 69.3 Å². The van der Waals surface area contributed by atoms with Crippen LogP contribution >= 0.6 is 18.2 Å². The van der Waals surface area contributed by atoms with Crippen molar-refractivity contribution in [3.05, 3.63) is 48.5 Å². The summed E-state index contributed by atoms with van der Waals surface area (Å²) in [5.41, 5.74) is 1.94. The molecule has 27 heavy (non-hydrogen) atoms.